The number of amides is 1. The molecule has 0 saturated heterocycles. The number of methoxy groups -OCH3 is 1. The number of aryl methyl sites for hydroxylation is 1. The second-order valence-corrected chi connectivity index (χ2v) is 8.45. The molecule has 1 aliphatic heterocycles. The van der Waals surface area contributed by atoms with E-state index in [0.29, 0.717) is 43.6 Å². The van der Waals surface area contributed by atoms with Crippen molar-refractivity contribution in [1.82, 2.24) is 20.4 Å². The molecule has 3 aromatic rings. The number of carbonyl (C=O) groups is 1. The van der Waals surface area contributed by atoms with Crippen LogP contribution in [0.5, 0.6) is 5.75 Å². The summed E-state index contributed by atoms with van der Waals surface area (Å²) >= 11 is 0. The van der Waals surface area contributed by atoms with Crippen molar-refractivity contribution in [3.8, 4) is 17.1 Å². The van der Waals surface area contributed by atoms with E-state index >= 15 is 0 Å². The van der Waals surface area contributed by atoms with Gasteiger partial charge in [0, 0.05) is 44.1 Å². The Hall–Kier alpha value is -3.19. The Balaban J connectivity index is 1.20. The molecule has 0 spiro atoms. The first-order chi connectivity index (χ1) is 16.2. The fraction of sp³-hybridized carbons (Fsp3) is 0.423. The van der Waals surface area contributed by atoms with E-state index in [1.54, 1.807) is 7.11 Å². The minimum atomic E-state index is 0.0701. The van der Waals surface area contributed by atoms with Gasteiger partial charge in [0.05, 0.1) is 7.11 Å². The number of fused-ring (bicyclic) bond motifs is 1. The summed E-state index contributed by atoms with van der Waals surface area (Å²) in [6.07, 6.45) is 3.78. The van der Waals surface area contributed by atoms with Gasteiger partial charge in [-0.2, -0.15) is 4.98 Å². The molecule has 0 fully saturated rings. The molecule has 1 atom stereocenters. The highest BCUT2D eigenvalue weighted by atomic mass is 16.5. The zero-order valence-electron chi connectivity index (χ0n) is 19.4. The second-order valence-electron chi connectivity index (χ2n) is 8.45. The molecular formula is C26H32N4O3. The van der Waals surface area contributed by atoms with Crippen molar-refractivity contribution in [3.63, 3.8) is 0 Å². The highest BCUT2D eigenvalue weighted by Gasteiger charge is 2.22. The summed E-state index contributed by atoms with van der Waals surface area (Å²) in [6.45, 7) is 4.87. The number of aromatic nitrogens is 2. The van der Waals surface area contributed by atoms with Gasteiger partial charge in [-0.15, -0.1) is 0 Å². The van der Waals surface area contributed by atoms with Crippen molar-refractivity contribution in [2.75, 3.05) is 20.2 Å². The molecule has 1 aliphatic rings. The van der Waals surface area contributed by atoms with Gasteiger partial charge in [0.2, 0.25) is 17.6 Å². The van der Waals surface area contributed by atoms with Crippen LogP contribution in [0.1, 0.15) is 43.2 Å². The molecule has 7 heteroatoms. The SMILES string of the molecule is CCC(CNC(=O)CCCc1nc(-c2ccc(OC)cc2)no1)N1CCc2ccccc2C1. The fourth-order valence-corrected chi connectivity index (χ4v) is 4.29. The maximum Gasteiger partial charge on any atom is 0.226 e. The number of nitrogens with one attached hydrogen (secondary N) is 1. The zero-order chi connectivity index (χ0) is 23.0. The Morgan fingerprint density at radius 3 is 2.73 bits per heavy atom. The third-order valence-corrected chi connectivity index (χ3v) is 6.29. The Kier molecular flexibility index (Phi) is 7.73. The largest absolute Gasteiger partial charge is 0.497 e. The van der Waals surface area contributed by atoms with E-state index in [1.807, 2.05) is 24.3 Å². The highest BCUT2D eigenvalue weighted by Crippen LogP contribution is 2.22. The van der Waals surface area contributed by atoms with Crippen molar-refractivity contribution >= 4 is 5.91 Å². The summed E-state index contributed by atoms with van der Waals surface area (Å²) in [5, 5.41) is 7.17. The normalized spacial score (nSPS) is 14.5. The van der Waals surface area contributed by atoms with E-state index < -0.39 is 0 Å². The maximum absolute atomic E-state index is 12.4. The predicted molar refractivity (Wildman–Crippen MR) is 127 cm³/mol. The lowest BCUT2D eigenvalue weighted by Gasteiger charge is -2.35. The van der Waals surface area contributed by atoms with E-state index in [-0.39, 0.29) is 5.91 Å². The molecule has 1 unspecified atom stereocenters. The van der Waals surface area contributed by atoms with Crippen molar-refractivity contribution in [2.45, 2.75) is 51.6 Å². The van der Waals surface area contributed by atoms with Gasteiger partial charge in [0.15, 0.2) is 0 Å². The minimum absolute atomic E-state index is 0.0701. The van der Waals surface area contributed by atoms with E-state index in [9.17, 15) is 4.79 Å². The molecule has 4 rings (SSSR count). The summed E-state index contributed by atoms with van der Waals surface area (Å²) in [5.74, 6) is 1.95. The third-order valence-electron chi connectivity index (χ3n) is 6.29. The first-order valence-electron chi connectivity index (χ1n) is 11.7. The Bertz CT molecular complexity index is 1050. The van der Waals surface area contributed by atoms with Gasteiger partial charge >= 0.3 is 0 Å². The molecular weight excluding hydrogens is 416 g/mol. The summed E-state index contributed by atoms with van der Waals surface area (Å²) in [5.41, 5.74) is 3.72. The molecule has 1 N–H and O–H groups in total. The fourth-order valence-electron chi connectivity index (χ4n) is 4.29. The van der Waals surface area contributed by atoms with Crippen LogP contribution in [0.4, 0.5) is 0 Å². The quantitative estimate of drug-likeness (QED) is 0.505. The number of hydrogen-bond acceptors (Lipinski definition) is 6. The van der Waals surface area contributed by atoms with E-state index in [2.05, 4.69) is 51.5 Å². The molecule has 0 saturated carbocycles. The van der Waals surface area contributed by atoms with Gasteiger partial charge in [0.1, 0.15) is 5.75 Å². The van der Waals surface area contributed by atoms with Crippen molar-refractivity contribution < 1.29 is 14.1 Å². The number of hydrogen-bond donors (Lipinski definition) is 1. The van der Waals surface area contributed by atoms with E-state index in [0.717, 1.165) is 37.2 Å². The van der Waals surface area contributed by atoms with Crippen LogP contribution in [0.2, 0.25) is 0 Å². The first-order valence-corrected chi connectivity index (χ1v) is 11.7. The number of benzene rings is 2. The maximum atomic E-state index is 12.4. The lowest BCUT2D eigenvalue weighted by atomic mass is 9.98. The van der Waals surface area contributed by atoms with Crippen LogP contribution in [0.25, 0.3) is 11.4 Å². The number of ether oxygens (including phenoxy) is 1. The van der Waals surface area contributed by atoms with Gasteiger partial charge in [-0.05, 0) is 54.7 Å². The minimum Gasteiger partial charge on any atom is -0.497 e. The van der Waals surface area contributed by atoms with Crippen LogP contribution in [0.3, 0.4) is 0 Å². The molecule has 33 heavy (non-hydrogen) atoms. The van der Waals surface area contributed by atoms with Crippen molar-refractivity contribution in [2.24, 2.45) is 0 Å². The molecule has 1 amide bonds. The zero-order valence-corrected chi connectivity index (χ0v) is 19.4. The second kappa shape index (κ2) is 11.1. The summed E-state index contributed by atoms with van der Waals surface area (Å²) in [4.78, 5) is 19.3. The van der Waals surface area contributed by atoms with Gasteiger partial charge in [0.25, 0.3) is 0 Å². The topological polar surface area (TPSA) is 80.5 Å². The number of rotatable bonds is 10. The van der Waals surface area contributed by atoms with Crippen LogP contribution in [0.15, 0.2) is 53.1 Å². The van der Waals surface area contributed by atoms with Crippen LogP contribution in [-0.4, -0.2) is 47.2 Å². The monoisotopic (exact) mass is 448 g/mol. The summed E-state index contributed by atoms with van der Waals surface area (Å²) < 4.78 is 10.5. The highest BCUT2D eigenvalue weighted by molar-refractivity contribution is 5.75. The van der Waals surface area contributed by atoms with Crippen molar-refractivity contribution in [1.29, 1.82) is 0 Å². The van der Waals surface area contributed by atoms with E-state index in [4.69, 9.17) is 9.26 Å². The third kappa shape index (κ3) is 5.99. The Labute approximate surface area is 195 Å². The molecule has 2 aromatic carbocycles. The first kappa shape index (κ1) is 23.0. The number of carbonyl (C=O) groups excluding carboxylic acids is 1. The molecule has 0 bridgehead atoms. The Morgan fingerprint density at radius 2 is 1.97 bits per heavy atom. The van der Waals surface area contributed by atoms with Crippen LogP contribution in [0, 0.1) is 0 Å². The Morgan fingerprint density at radius 1 is 1.18 bits per heavy atom. The van der Waals surface area contributed by atoms with Gasteiger partial charge in [-0.3, -0.25) is 9.69 Å². The molecule has 2 heterocycles. The molecule has 0 radical (unpaired) electrons. The number of nitrogens with zero attached hydrogens (tertiary/aromatic N) is 3. The van der Waals surface area contributed by atoms with Gasteiger partial charge in [-0.1, -0.05) is 36.3 Å². The molecule has 0 aliphatic carbocycles. The lowest BCUT2D eigenvalue weighted by Crippen LogP contribution is -2.45. The van der Waals surface area contributed by atoms with Crippen LogP contribution >= 0.6 is 0 Å². The predicted octanol–water partition coefficient (Wildman–Crippen LogP) is 4.02. The molecule has 174 valence electrons. The average molecular weight is 449 g/mol. The molecule has 7 nitrogen and oxygen atoms in total. The standard InChI is InChI=1S/C26H32N4O3/c1-3-22(30-16-15-19-7-4-5-8-21(19)18-30)17-27-24(31)9-6-10-25-28-26(29-33-25)20-11-13-23(32-2)14-12-20/h4-5,7-8,11-14,22H,3,6,9-10,15-18H2,1-2H3,(H,27,31). The van der Waals surface area contributed by atoms with Crippen molar-refractivity contribution in [3.05, 3.63) is 65.5 Å². The molecule has 1 aromatic heterocycles. The summed E-state index contributed by atoms with van der Waals surface area (Å²) in [6, 6.07) is 16.5. The average Bonchev–Trinajstić information content (AvgIpc) is 3.33. The van der Waals surface area contributed by atoms with E-state index in [1.165, 1.54) is 11.1 Å². The van der Waals surface area contributed by atoms with Gasteiger partial charge < -0.3 is 14.6 Å². The van der Waals surface area contributed by atoms with Gasteiger partial charge in [-0.25, -0.2) is 0 Å². The lowest BCUT2D eigenvalue weighted by molar-refractivity contribution is -0.121. The smallest absolute Gasteiger partial charge is 0.226 e. The summed E-state index contributed by atoms with van der Waals surface area (Å²) in [7, 11) is 1.63. The van der Waals surface area contributed by atoms with Crippen LogP contribution in [-0.2, 0) is 24.2 Å². The van der Waals surface area contributed by atoms with Crippen LogP contribution < -0.4 is 10.1 Å².